The van der Waals surface area contributed by atoms with Crippen molar-refractivity contribution in [3.8, 4) is 5.75 Å². The molecule has 0 radical (unpaired) electrons. The Bertz CT molecular complexity index is 1180. The van der Waals surface area contributed by atoms with Gasteiger partial charge < -0.3 is 31.3 Å². The maximum Gasteiger partial charge on any atom is 0.255 e. The average molecular weight is 491 g/mol. The number of fused-ring (bicyclic) bond motifs is 3. The summed E-state index contributed by atoms with van der Waals surface area (Å²) < 4.78 is 0. The summed E-state index contributed by atoms with van der Waals surface area (Å²) >= 11 is 1.41. The molecule has 6 atom stereocenters. The molecule has 0 aromatic heterocycles. The maximum absolute atomic E-state index is 13.9. The number of primary amides is 1. The number of phenols is 1. The molecule has 10 nitrogen and oxygen atoms in total. The second-order valence-corrected chi connectivity index (χ2v) is 9.97. The van der Waals surface area contributed by atoms with Crippen LogP contribution >= 0.6 is 11.8 Å². The maximum atomic E-state index is 13.9. The van der Waals surface area contributed by atoms with Crippen molar-refractivity contribution >= 4 is 35.0 Å². The lowest BCUT2D eigenvalue weighted by molar-refractivity contribution is -0.169. The first-order chi connectivity index (χ1) is 15.9. The second kappa shape index (κ2) is 8.12. The Balaban J connectivity index is 2.07. The number of benzene rings is 1. The number of Topliss-reactive ketones (excluding diaryl/α,β-unsaturated/α-hetero) is 2. The van der Waals surface area contributed by atoms with Crippen molar-refractivity contribution in [2.45, 2.75) is 23.7 Å². The number of phenolic OH excluding ortho intramolecular Hbond substituents is 1. The van der Waals surface area contributed by atoms with E-state index in [1.54, 1.807) is 12.1 Å². The molecule has 0 aliphatic heterocycles. The van der Waals surface area contributed by atoms with E-state index in [9.17, 15) is 39.9 Å². The van der Waals surface area contributed by atoms with Crippen LogP contribution in [0.2, 0.25) is 0 Å². The number of aromatic hydroxyl groups is 1. The number of hydrogen-bond donors (Lipinski definition) is 6. The van der Waals surface area contributed by atoms with Gasteiger partial charge >= 0.3 is 0 Å². The summed E-state index contributed by atoms with van der Waals surface area (Å²) in [6, 6.07) is 3.20. The molecule has 0 spiro atoms. The van der Waals surface area contributed by atoms with E-state index in [2.05, 4.69) is 0 Å². The van der Waals surface area contributed by atoms with Crippen molar-refractivity contribution < 1.29 is 39.9 Å². The molecule has 34 heavy (non-hydrogen) atoms. The first-order valence-electron chi connectivity index (χ1n) is 10.5. The summed E-state index contributed by atoms with van der Waals surface area (Å²) in [7, 11) is 2.94. The number of aliphatic hydroxyl groups excluding tert-OH is 3. The number of ketones is 2. The van der Waals surface area contributed by atoms with Gasteiger partial charge in [0.15, 0.2) is 11.4 Å². The van der Waals surface area contributed by atoms with Crippen LogP contribution in [-0.2, 0) is 14.4 Å². The Morgan fingerprint density at radius 1 is 1.21 bits per heavy atom. The molecular weight excluding hydrogens is 464 g/mol. The van der Waals surface area contributed by atoms with E-state index >= 15 is 0 Å². The summed E-state index contributed by atoms with van der Waals surface area (Å²) in [6.07, 6.45) is 0.217. The van der Waals surface area contributed by atoms with Crippen LogP contribution < -0.4 is 5.73 Å². The lowest BCUT2D eigenvalue weighted by Gasteiger charge is -2.54. The number of thioether (sulfide) groups is 1. The predicted molar refractivity (Wildman–Crippen MR) is 123 cm³/mol. The molecule has 3 unspecified atom stereocenters. The van der Waals surface area contributed by atoms with Crippen LogP contribution in [0.15, 0.2) is 35.1 Å². The molecule has 1 aromatic carbocycles. The fourth-order valence-electron chi connectivity index (χ4n) is 5.77. The van der Waals surface area contributed by atoms with Gasteiger partial charge in [0, 0.05) is 23.2 Å². The topological polar surface area (TPSA) is 182 Å². The van der Waals surface area contributed by atoms with Crippen molar-refractivity contribution in [1.82, 2.24) is 4.90 Å². The molecule has 1 amide bonds. The highest BCUT2D eigenvalue weighted by Crippen LogP contribution is 2.56. The van der Waals surface area contributed by atoms with Gasteiger partial charge in [-0.05, 0) is 32.0 Å². The standard InChI is InChI=1S/C23H26N2O8S/c1-25(2)16-15-18(28)12-9(7-34-3)8-5-4-6-10(26)11(8)17(27)13(12)20(30)23(15,33)21(31)14(19(16)29)22(24)32/h4-6,9,12,15-16,18,26-28,31,33H,7H2,1-3H3,(H2,24,32)/t9-,12?,15?,16-,18?,23-/m0/s1. The lowest BCUT2D eigenvalue weighted by Crippen LogP contribution is -2.70. The fraction of sp³-hybridized carbons (Fsp3) is 0.435. The van der Waals surface area contributed by atoms with Gasteiger partial charge in [-0.3, -0.25) is 19.3 Å². The van der Waals surface area contributed by atoms with Crippen molar-refractivity contribution in [3.05, 3.63) is 46.2 Å². The number of amides is 1. The number of aliphatic hydroxyl groups is 4. The van der Waals surface area contributed by atoms with E-state index in [1.165, 1.54) is 36.8 Å². The van der Waals surface area contributed by atoms with Gasteiger partial charge in [-0.15, -0.1) is 0 Å². The minimum absolute atomic E-state index is 0.00922. The number of rotatable bonds is 4. The Morgan fingerprint density at radius 3 is 2.41 bits per heavy atom. The summed E-state index contributed by atoms with van der Waals surface area (Å²) in [5, 5.41) is 55.7. The molecule has 3 aliphatic carbocycles. The van der Waals surface area contributed by atoms with Gasteiger partial charge in [0.05, 0.1) is 23.6 Å². The van der Waals surface area contributed by atoms with Gasteiger partial charge in [0.2, 0.25) is 5.78 Å². The highest BCUT2D eigenvalue weighted by Gasteiger charge is 2.68. The average Bonchev–Trinajstić information content (AvgIpc) is 2.75. The summed E-state index contributed by atoms with van der Waals surface area (Å²) in [5.74, 6) is -8.44. The first-order valence-corrected chi connectivity index (χ1v) is 11.9. The number of carbonyl (C=O) groups excluding carboxylic acids is 3. The van der Waals surface area contributed by atoms with Crippen LogP contribution in [0.3, 0.4) is 0 Å². The molecule has 3 aliphatic rings. The van der Waals surface area contributed by atoms with E-state index in [-0.39, 0.29) is 16.9 Å². The third kappa shape index (κ3) is 2.97. The molecule has 11 heteroatoms. The lowest BCUT2D eigenvalue weighted by atomic mass is 9.54. The number of carbonyl (C=O) groups is 3. The van der Waals surface area contributed by atoms with Crippen molar-refractivity contribution in [2.75, 3.05) is 26.1 Å². The molecule has 1 fully saturated rings. The largest absolute Gasteiger partial charge is 0.508 e. The number of likely N-dealkylation sites (N-methyl/N-ethyl adjacent to an activating group) is 1. The molecule has 7 N–H and O–H groups in total. The zero-order chi connectivity index (χ0) is 25.3. The highest BCUT2D eigenvalue weighted by molar-refractivity contribution is 7.98. The van der Waals surface area contributed by atoms with Crippen molar-refractivity contribution in [3.63, 3.8) is 0 Å². The SMILES string of the molecule is CSC[C@H]1c2cccc(O)c2C(O)=C2C(=O)[C@]3(O)C(O)=C(C(N)=O)C(=O)[C@@H](N(C)C)C3C(O)C21. The van der Waals surface area contributed by atoms with Crippen LogP contribution in [0.5, 0.6) is 5.75 Å². The van der Waals surface area contributed by atoms with E-state index in [0.717, 1.165) is 0 Å². The highest BCUT2D eigenvalue weighted by atomic mass is 32.2. The number of nitrogens with two attached hydrogens (primary N) is 1. The van der Waals surface area contributed by atoms with Crippen molar-refractivity contribution in [2.24, 2.45) is 17.6 Å². The Kier molecular flexibility index (Phi) is 5.80. The van der Waals surface area contributed by atoms with E-state index < -0.39 is 70.1 Å². The van der Waals surface area contributed by atoms with E-state index in [1.807, 2.05) is 6.26 Å². The third-order valence-electron chi connectivity index (χ3n) is 7.14. The molecule has 182 valence electrons. The second-order valence-electron chi connectivity index (χ2n) is 9.06. The van der Waals surface area contributed by atoms with Gasteiger partial charge in [0.1, 0.15) is 22.8 Å². The summed E-state index contributed by atoms with van der Waals surface area (Å²) in [4.78, 5) is 40.4. The minimum Gasteiger partial charge on any atom is -0.508 e. The minimum atomic E-state index is -2.90. The zero-order valence-corrected chi connectivity index (χ0v) is 19.5. The normalized spacial score (nSPS) is 33.1. The quantitative estimate of drug-likeness (QED) is 0.310. The van der Waals surface area contributed by atoms with E-state index in [0.29, 0.717) is 11.3 Å². The number of nitrogens with zero attached hydrogens (tertiary/aromatic N) is 1. The Labute approximate surface area is 199 Å². The van der Waals surface area contributed by atoms with E-state index in [4.69, 9.17) is 5.73 Å². The Hall–Kier alpha value is -2.86. The summed E-state index contributed by atoms with van der Waals surface area (Å²) in [6.45, 7) is 0. The van der Waals surface area contributed by atoms with Gasteiger partial charge in [-0.1, -0.05) is 12.1 Å². The number of hydrogen-bond acceptors (Lipinski definition) is 10. The molecule has 1 saturated carbocycles. The van der Waals surface area contributed by atoms with Gasteiger partial charge in [-0.2, -0.15) is 11.8 Å². The summed E-state index contributed by atoms with van der Waals surface area (Å²) in [5.41, 5.74) is 1.56. The molecule has 0 bridgehead atoms. The van der Waals surface area contributed by atoms with Gasteiger partial charge in [0.25, 0.3) is 5.91 Å². The van der Waals surface area contributed by atoms with Crippen LogP contribution in [-0.4, -0.2) is 91.8 Å². The molecule has 4 rings (SSSR count). The first kappa shape index (κ1) is 24.3. The smallest absolute Gasteiger partial charge is 0.255 e. The molecule has 0 heterocycles. The monoisotopic (exact) mass is 490 g/mol. The van der Waals surface area contributed by atoms with Crippen LogP contribution in [0, 0.1) is 11.8 Å². The third-order valence-corrected chi connectivity index (χ3v) is 7.84. The van der Waals surface area contributed by atoms with Crippen LogP contribution in [0.1, 0.15) is 17.0 Å². The van der Waals surface area contributed by atoms with Gasteiger partial charge in [-0.25, -0.2) is 0 Å². The molecule has 1 aromatic rings. The molecular formula is C23H26N2O8S. The molecule has 0 saturated heterocycles. The Morgan fingerprint density at radius 2 is 1.85 bits per heavy atom. The fourth-order valence-corrected chi connectivity index (χ4v) is 6.52. The van der Waals surface area contributed by atoms with Crippen LogP contribution in [0.4, 0.5) is 0 Å². The van der Waals surface area contributed by atoms with Crippen molar-refractivity contribution in [1.29, 1.82) is 0 Å². The predicted octanol–water partition coefficient (Wildman–Crippen LogP) is -0.161. The van der Waals surface area contributed by atoms with Crippen LogP contribution in [0.25, 0.3) is 5.76 Å². The zero-order valence-electron chi connectivity index (χ0n) is 18.7.